The first kappa shape index (κ1) is 24.0. The number of amides is 1. The second kappa shape index (κ2) is 12.5. The fourth-order valence-electron chi connectivity index (χ4n) is 3.42. The molecule has 0 saturated carbocycles. The Hall–Kier alpha value is -2.23. The first-order chi connectivity index (χ1) is 14.2. The Morgan fingerprint density at radius 2 is 2.03 bits per heavy atom. The Labute approximate surface area is 195 Å². The third-order valence-electron chi connectivity index (χ3n) is 4.95. The standard InChI is InChI=1S/C22H31N5O2.HI/c1-3-23-22(25-13-7-12-24-21(28)20-17(2)11-15-29-20)26-18-10-14-27(16-18)19-8-5-4-6-9-19;/h4-6,8-9,11,15,18H,3,7,10,12-14,16H2,1-2H3,(H,24,28)(H2,23,25,26);1H. The van der Waals surface area contributed by atoms with Crippen LogP contribution >= 0.6 is 24.0 Å². The van der Waals surface area contributed by atoms with E-state index in [0.717, 1.165) is 44.0 Å². The van der Waals surface area contributed by atoms with Crippen LogP contribution in [0.1, 0.15) is 35.9 Å². The molecule has 3 rings (SSSR count). The van der Waals surface area contributed by atoms with Crippen molar-refractivity contribution < 1.29 is 9.21 Å². The average molecular weight is 525 g/mol. The maximum Gasteiger partial charge on any atom is 0.287 e. The van der Waals surface area contributed by atoms with Crippen molar-refractivity contribution in [2.75, 3.05) is 37.6 Å². The molecule has 164 valence electrons. The van der Waals surface area contributed by atoms with E-state index in [4.69, 9.17) is 4.42 Å². The molecule has 7 nitrogen and oxygen atoms in total. The lowest BCUT2D eigenvalue weighted by atomic mass is 10.2. The normalized spacial score (nSPS) is 16.1. The topological polar surface area (TPSA) is 81.9 Å². The Bertz CT molecular complexity index is 809. The molecular formula is C22H32IN5O2. The minimum atomic E-state index is -0.173. The number of halogens is 1. The number of furan rings is 1. The predicted octanol–water partition coefficient (Wildman–Crippen LogP) is 3.16. The van der Waals surface area contributed by atoms with Gasteiger partial charge in [-0.15, -0.1) is 24.0 Å². The van der Waals surface area contributed by atoms with Gasteiger partial charge in [-0.3, -0.25) is 9.79 Å². The van der Waals surface area contributed by atoms with Crippen LogP contribution in [-0.2, 0) is 0 Å². The van der Waals surface area contributed by atoms with Gasteiger partial charge in [0.1, 0.15) is 0 Å². The van der Waals surface area contributed by atoms with Gasteiger partial charge >= 0.3 is 0 Å². The average Bonchev–Trinajstić information content (AvgIpc) is 3.37. The monoisotopic (exact) mass is 525 g/mol. The Morgan fingerprint density at radius 3 is 2.73 bits per heavy atom. The van der Waals surface area contributed by atoms with Crippen molar-refractivity contribution >= 4 is 41.5 Å². The first-order valence-corrected chi connectivity index (χ1v) is 10.3. The van der Waals surface area contributed by atoms with Gasteiger partial charge in [0, 0.05) is 50.0 Å². The van der Waals surface area contributed by atoms with Gasteiger partial charge in [-0.2, -0.15) is 0 Å². The van der Waals surface area contributed by atoms with E-state index in [1.54, 1.807) is 6.07 Å². The molecule has 2 heterocycles. The molecule has 1 unspecified atom stereocenters. The van der Waals surface area contributed by atoms with Gasteiger partial charge < -0.3 is 25.3 Å². The van der Waals surface area contributed by atoms with Crippen LogP contribution in [0.2, 0.25) is 0 Å². The first-order valence-electron chi connectivity index (χ1n) is 10.3. The zero-order chi connectivity index (χ0) is 20.5. The molecule has 1 aliphatic heterocycles. The minimum Gasteiger partial charge on any atom is -0.459 e. The quantitative estimate of drug-likeness (QED) is 0.214. The molecular weight excluding hydrogens is 493 g/mol. The van der Waals surface area contributed by atoms with Crippen LogP contribution in [0.5, 0.6) is 0 Å². The molecule has 0 radical (unpaired) electrons. The maximum atomic E-state index is 12.0. The highest BCUT2D eigenvalue weighted by Gasteiger charge is 2.23. The summed E-state index contributed by atoms with van der Waals surface area (Å²) in [6.07, 6.45) is 3.38. The molecule has 8 heteroatoms. The van der Waals surface area contributed by atoms with E-state index in [-0.39, 0.29) is 29.9 Å². The highest BCUT2D eigenvalue weighted by Crippen LogP contribution is 2.19. The summed E-state index contributed by atoms with van der Waals surface area (Å²) in [5.74, 6) is 1.04. The van der Waals surface area contributed by atoms with Crippen molar-refractivity contribution in [2.45, 2.75) is 32.7 Å². The maximum absolute atomic E-state index is 12.0. The van der Waals surface area contributed by atoms with Crippen LogP contribution in [0.3, 0.4) is 0 Å². The van der Waals surface area contributed by atoms with E-state index in [9.17, 15) is 4.79 Å². The number of nitrogens with one attached hydrogen (secondary N) is 3. The van der Waals surface area contributed by atoms with Gasteiger partial charge in [0.2, 0.25) is 0 Å². The zero-order valence-corrected chi connectivity index (χ0v) is 20.0. The molecule has 3 N–H and O–H groups in total. The second-order valence-electron chi connectivity index (χ2n) is 7.21. The zero-order valence-electron chi connectivity index (χ0n) is 17.7. The number of rotatable bonds is 8. The van der Waals surface area contributed by atoms with Crippen molar-refractivity contribution in [1.29, 1.82) is 0 Å². The highest BCUT2D eigenvalue weighted by atomic mass is 127. The number of hydrogen-bond donors (Lipinski definition) is 3. The van der Waals surface area contributed by atoms with E-state index < -0.39 is 0 Å². The van der Waals surface area contributed by atoms with Gasteiger partial charge in [-0.1, -0.05) is 18.2 Å². The number of aryl methyl sites for hydroxylation is 1. The number of carbonyl (C=O) groups is 1. The van der Waals surface area contributed by atoms with Crippen molar-refractivity contribution in [3.05, 3.63) is 54.0 Å². The minimum absolute atomic E-state index is 0. The SMILES string of the molecule is CCNC(=NCCCNC(=O)c1occc1C)NC1CCN(c2ccccc2)C1.I. The number of nitrogens with zero attached hydrogens (tertiary/aromatic N) is 2. The van der Waals surface area contributed by atoms with E-state index in [0.29, 0.717) is 24.9 Å². The van der Waals surface area contributed by atoms with E-state index in [2.05, 4.69) is 57.0 Å². The Balaban J connectivity index is 0.00000320. The van der Waals surface area contributed by atoms with E-state index >= 15 is 0 Å². The molecule has 1 atom stereocenters. The number of hydrogen-bond acceptors (Lipinski definition) is 4. The lowest BCUT2D eigenvalue weighted by Crippen LogP contribution is -2.44. The van der Waals surface area contributed by atoms with Crippen LogP contribution in [0.4, 0.5) is 5.69 Å². The smallest absolute Gasteiger partial charge is 0.287 e. The van der Waals surface area contributed by atoms with Crippen LogP contribution in [0, 0.1) is 6.92 Å². The third kappa shape index (κ3) is 6.93. The van der Waals surface area contributed by atoms with Crippen molar-refractivity contribution in [1.82, 2.24) is 16.0 Å². The Morgan fingerprint density at radius 1 is 1.23 bits per heavy atom. The summed E-state index contributed by atoms with van der Waals surface area (Å²) in [7, 11) is 0. The molecule has 1 aliphatic rings. The van der Waals surface area contributed by atoms with E-state index in [1.807, 2.05) is 13.0 Å². The molecule has 1 saturated heterocycles. The fourth-order valence-corrected chi connectivity index (χ4v) is 3.42. The lowest BCUT2D eigenvalue weighted by molar-refractivity contribution is 0.0925. The molecule has 0 aliphatic carbocycles. The molecule has 0 bridgehead atoms. The van der Waals surface area contributed by atoms with E-state index in [1.165, 1.54) is 12.0 Å². The second-order valence-corrected chi connectivity index (χ2v) is 7.21. The summed E-state index contributed by atoms with van der Waals surface area (Å²) in [5, 5.41) is 9.73. The van der Waals surface area contributed by atoms with Gasteiger partial charge in [0.05, 0.1) is 6.26 Å². The fraction of sp³-hybridized carbons (Fsp3) is 0.455. The summed E-state index contributed by atoms with van der Waals surface area (Å²) in [6, 6.07) is 12.7. The largest absolute Gasteiger partial charge is 0.459 e. The van der Waals surface area contributed by atoms with Crippen LogP contribution in [0.25, 0.3) is 0 Å². The lowest BCUT2D eigenvalue weighted by Gasteiger charge is -2.20. The molecule has 2 aromatic rings. The molecule has 1 aromatic carbocycles. The highest BCUT2D eigenvalue weighted by molar-refractivity contribution is 14.0. The molecule has 1 fully saturated rings. The van der Waals surface area contributed by atoms with Crippen molar-refractivity contribution in [3.8, 4) is 0 Å². The number of carbonyl (C=O) groups excluding carboxylic acids is 1. The molecule has 1 amide bonds. The predicted molar refractivity (Wildman–Crippen MR) is 132 cm³/mol. The summed E-state index contributed by atoms with van der Waals surface area (Å²) >= 11 is 0. The summed E-state index contributed by atoms with van der Waals surface area (Å²) < 4.78 is 5.20. The molecule has 1 aromatic heterocycles. The Kier molecular flexibility index (Phi) is 9.99. The third-order valence-corrected chi connectivity index (χ3v) is 4.95. The number of guanidine groups is 1. The van der Waals surface area contributed by atoms with Crippen LogP contribution < -0.4 is 20.9 Å². The summed E-state index contributed by atoms with van der Waals surface area (Å²) in [6.45, 7) is 7.95. The van der Waals surface area contributed by atoms with Gasteiger partial charge in [-0.25, -0.2) is 0 Å². The number of aliphatic imine (C=N–C) groups is 1. The van der Waals surface area contributed by atoms with Gasteiger partial charge in [-0.05, 0) is 44.9 Å². The molecule has 0 spiro atoms. The summed E-state index contributed by atoms with van der Waals surface area (Å²) in [5.41, 5.74) is 2.11. The van der Waals surface area contributed by atoms with Crippen LogP contribution in [0.15, 0.2) is 52.1 Å². The molecule has 30 heavy (non-hydrogen) atoms. The van der Waals surface area contributed by atoms with Crippen LogP contribution in [-0.4, -0.2) is 50.6 Å². The van der Waals surface area contributed by atoms with Gasteiger partial charge in [0.15, 0.2) is 11.7 Å². The number of benzene rings is 1. The summed E-state index contributed by atoms with van der Waals surface area (Å²) in [4.78, 5) is 19.1. The number of anilines is 1. The number of para-hydroxylation sites is 1. The van der Waals surface area contributed by atoms with Gasteiger partial charge in [0.25, 0.3) is 5.91 Å². The van der Waals surface area contributed by atoms with Crippen molar-refractivity contribution in [2.24, 2.45) is 4.99 Å². The van der Waals surface area contributed by atoms with Crippen molar-refractivity contribution in [3.63, 3.8) is 0 Å².